The van der Waals surface area contributed by atoms with Gasteiger partial charge in [-0.2, -0.15) is 0 Å². The van der Waals surface area contributed by atoms with Crippen molar-refractivity contribution in [2.75, 3.05) is 26.3 Å². The second kappa shape index (κ2) is 36.9. The third-order valence-electron chi connectivity index (χ3n) is 19.5. The number of hydrogen-bond acceptors (Lipinski definition) is 36. The number of halogens is 8. The van der Waals surface area contributed by atoms with Crippen molar-refractivity contribution in [3.05, 3.63) is 224 Å². The maximum absolute atomic E-state index is 15.9. The number of aromatic amines is 4. The fraction of sp³-hybridized carbons (Fsp3) is 0.444. The van der Waals surface area contributed by atoms with Crippen LogP contribution in [0.4, 0.5) is 35.1 Å². The summed E-state index contributed by atoms with van der Waals surface area (Å²) in [5.74, 6) is -18.4. The van der Waals surface area contributed by atoms with Crippen LogP contribution in [0.3, 0.4) is 0 Å². The molecule has 16 rings (SSSR count). The average molecular weight is 1980 g/mol. The van der Waals surface area contributed by atoms with Gasteiger partial charge in [0.15, 0.2) is 48.1 Å². The van der Waals surface area contributed by atoms with Gasteiger partial charge in [0, 0.05) is 22.3 Å². The number of aliphatic hydroxyl groups excluding tert-OH is 8. The van der Waals surface area contributed by atoms with Gasteiger partial charge in [0.25, 0.3) is 23.4 Å². The van der Waals surface area contributed by atoms with E-state index in [4.69, 9.17) is 81.5 Å². The Hall–Kier alpha value is -7.96. The van der Waals surface area contributed by atoms with E-state index in [0.717, 1.165) is 22.3 Å². The Kier molecular flexibility index (Phi) is 25.7. The minimum atomic E-state index is -4.89. The molecule has 0 saturated carbocycles. The number of aromatic nitrogens is 8. The van der Waals surface area contributed by atoms with Crippen LogP contribution < -0.4 is 40.9 Å². The van der Waals surface area contributed by atoms with Crippen LogP contribution in [0.25, 0.3) is 0 Å². The van der Waals surface area contributed by atoms with E-state index in [1.54, 1.807) is 90.1 Å². The highest BCUT2D eigenvalue weighted by atomic mass is 32.1. The van der Waals surface area contributed by atoms with E-state index < -0.39 is 219 Å². The quantitative estimate of drug-likeness (QED) is 0.0243. The second-order valence-electron chi connectivity index (χ2n) is 29.4. The van der Waals surface area contributed by atoms with Crippen LogP contribution in [0.15, 0.2) is 92.5 Å². The number of nitrogens with one attached hydrogen (secondary N) is 4. The van der Waals surface area contributed by atoms with Gasteiger partial charge >= 0.3 is 54.0 Å². The first-order valence-electron chi connectivity index (χ1n) is 39.8. The van der Waals surface area contributed by atoms with E-state index in [1.165, 1.54) is 0 Å². The summed E-state index contributed by atoms with van der Waals surface area (Å²) in [5.41, 5.74) is 3.37. The molecule has 696 valence electrons. The van der Waals surface area contributed by atoms with Crippen molar-refractivity contribution in [1.29, 1.82) is 0 Å². The van der Waals surface area contributed by atoms with Crippen LogP contribution in [0.1, 0.15) is 99.8 Å². The van der Waals surface area contributed by atoms with Crippen molar-refractivity contribution >= 4 is 80.2 Å². The van der Waals surface area contributed by atoms with Crippen molar-refractivity contribution in [2.45, 2.75) is 179 Å². The summed E-state index contributed by atoms with van der Waals surface area (Å²) in [4.78, 5) is 56.1. The highest BCUT2D eigenvalue weighted by Crippen LogP contribution is 2.61. The van der Waals surface area contributed by atoms with E-state index >= 15 is 17.6 Å². The van der Waals surface area contributed by atoms with Crippen molar-refractivity contribution in [2.24, 2.45) is 0 Å². The number of benzene rings is 4. The van der Waals surface area contributed by atoms with E-state index in [-0.39, 0.29) is 58.6 Å². The topological polar surface area (TPSA) is 529 Å². The van der Waals surface area contributed by atoms with Gasteiger partial charge in [0.05, 0.1) is 59.4 Å². The van der Waals surface area contributed by atoms with Gasteiger partial charge in [0.2, 0.25) is 0 Å². The molecule has 0 aliphatic carbocycles. The molecule has 12 heterocycles. The SMILES string of the molecule is Cc1cc(C)c2c(c1)COP(=O)(OC[C@@]1(F)O[C@@H](n3cc(F)c(=S)[nH]c3=O)[C@H](O)[C@@H]1O)O2.[2H]C([2H])(OP1(=O)OCc2cc(C)cc(C)c2O1)[C@@]1(F)O[C@@H](n2cc(F)c(=S)[nH]c2=O)[C@H](O)[C@@H]1O.[2H]C([2H])(OP1(=O)OCc2cc(C)cc(C)c2O1)[C@@]1(F)O[C@@]([2H])(n2cc(F)c(=S)[nH]c2=O)[C@H](O)[C@@H]1O.[2H][C@@]1(n2cc(F)c(=S)[nH]c2=O)O[C@](F)(COP2(=O)OCc3cc(C)cc(C)c3O2)[C@@H](O)[C@H]1O. The zero-order valence-electron chi connectivity index (χ0n) is 72.6. The van der Waals surface area contributed by atoms with E-state index in [2.05, 4.69) is 48.9 Å². The number of ether oxygens (including phenoxy) is 4. The molecule has 8 aromatic rings. The predicted octanol–water partition coefficient (Wildman–Crippen LogP) is 9.25. The van der Waals surface area contributed by atoms with Gasteiger partial charge in [-0.3, -0.25) is 74.4 Å². The largest absolute Gasteiger partial charge is 0.530 e. The molecule has 4 aromatic heterocycles. The first-order valence-corrected chi connectivity index (χ1v) is 44.3. The predicted molar refractivity (Wildman–Crippen MR) is 427 cm³/mol. The van der Waals surface area contributed by atoms with Crippen molar-refractivity contribution in [3.8, 4) is 23.0 Å². The number of aryl methyl sites for hydroxylation is 8. The number of fused-ring (bicyclic) bond motifs is 4. The van der Waals surface area contributed by atoms with Crippen molar-refractivity contribution in [1.82, 2.24) is 38.2 Å². The highest BCUT2D eigenvalue weighted by molar-refractivity contribution is 7.72. The third-order valence-corrected chi connectivity index (χ3v) is 25.6. The summed E-state index contributed by atoms with van der Waals surface area (Å²) in [6.45, 7) is 2.89. The van der Waals surface area contributed by atoms with Crippen molar-refractivity contribution in [3.63, 3.8) is 0 Å². The molecular weight excluding hydrogens is 1890 g/mol. The molecule has 8 aliphatic heterocycles. The average Bonchev–Trinajstić information content (AvgIpc) is 1.55. The Bertz CT molecular complexity index is 6810. The van der Waals surface area contributed by atoms with Crippen LogP contribution >= 0.6 is 80.2 Å². The smallest absolute Gasteiger partial charge is 0.403 e. The summed E-state index contributed by atoms with van der Waals surface area (Å²) in [5, 5.41) is 82.0. The molecule has 4 unspecified atom stereocenters. The van der Waals surface area contributed by atoms with Gasteiger partial charge in [-0.1, -0.05) is 120 Å². The van der Waals surface area contributed by atoms with Crippen LogP contribution in [0.5, 0.6) is 23.0 Å². The Balaban J connectivity index is 0.000000152. The number of alkyl halides is 4. The lowest BCUT2D eigenvalue weighted by Gasteiger charge is -2.29. The number of rotatable bonds is 16. The minimum Gasteiger partial charge on any atom is -0.403 e. The summed E-state index contributed by atoms with van der Waals surface area (Å²) in [6, 6.07) is 13.8. The highest BCUT2D eigenvalue weighted by Gasteiger charge is 2.62. The molecule has 128 heavy (non-hydrogen) atoms. The van der Waals surface area contributed by atoms with Crippen molar-refractivity contribution < 1.29 is 176 Å². The molecule has 0 spiro atoms. The first kappa shape index (κ1) is 89.3. The van der Waals surface area contributed by atoms with Crippen LogP contribution in [0, 0.1) is 97.2 Å². The Morgan fingerprint density at radius 1 is 0.391 bits per heavy atom. The number of phosphoric ester groups is 4. The van der Waals surface area contributed by atoms with Crippen LogP contribution in [-0.2, 0) is 99.8 Å². The Morgan fingerprint density at radius 2 is 0.625 bits per heavy atom. The Morgan fingerprint density at radius 3 is 0.938 bits per heavy atom. The van der Waals surface area contributed by atoms with E-state index in [9.17, 15) is 95.9 Å². The van der Waals surface area contributed by atoms with Gasteiger partial charge in [0.1, 0.15) is 117 Å². The number of H-pyrrole nitrogens is 4. The molecule has 20 atom stereocenters. The van der Waals surface area contributed by atoms with Crippen LogP contribution in [-0.4, -0.2) is 178 Å². The molecule has 4 fully saturated rings. The summed E-state index contributed by atoms with van der Waals surface area (Å²) >= 11 is 18.3. The number of hydrogen-bond donors (Lipinski definition) is 12. The molecular formula is C72H76F8N8O32P4S4. The number of phosphoric acid groups is 4. The molecule has 40 nitrogen and oxygen atoms in total. The number of nitrogens with zero attached hydrogens (tertiary/aromatic N) is 4. The van der Waals surface area contributed by atoms with Gasteiger partial charge in [-0.15, -0.1) is 0 Å². The summed E-state index contributed by atoms with van der Waals surface area (Å²) in [7, 11) is -18.4. The maximum Gasteiger partial charge on any atom is 0.530 e. The fourth-order valence-corrected chi connectivity index (χ4v) is 19.0. The van der Waals surface area contributed by atoms with Crippen LogP contribution in [0.2, 0.25) is 0 Å². The standard InChI is InChI=1S/4C18H19F2N2O8PS/c4*1-8-3-9(2)13-10(4-8)6-27-31(26,30-13)28-7-18(20)14(24)12(23)16(29-18)22-5-11(19)15(32)21-17(22)25/h4*3-5,12,14,16,23-24H,6-7H2,1-2H3,(H,21,25,32)/t4*12-,14+,16-,18-,31?/m1111/s1/i7D2,16D;16D;7D2;. The number of aliphatic hydroxyl groups is 8. The van der Waals surface area contributed by atoms with Gasteiger partial charge in [-0.05, 0) is 77.6 Å². The lowest BCUT2D eigenvalue weighted by Crippen LogP contribution is -2.43. The molecule has 56 heteroatoms. The zero-order valence-corrected chi connectivity index (χ0v) is 73.4. The second-order valence-corrected chi connectivity index (χ2v) is 37.2. The van der Waals surface area contributed by atoms with Gasteiger partial charge in [-0.25, -0.2) is 72.6 Å². The molecule has 12 N–H and O–H groups in total. The minimum absolute atomic E-state index is 0.0289. The Labute approximate surface area is 742 Å². The molecule has 4 aromatic carbocycles. The van der Waals surface area contributed by atoms with E-state index in [1.807, 2.05) is 33.8 Å². The molecule has 0 bridgehead atoms. The lowest BCUT2D eigenvalue weighted by molar-refractivity contribution is -0.205. The molecule has 4 saturated heterocycles. The molecule has 0 radical (unpaired) electrons. The third kappa shape index (κ3) is 20.0. The lowest BCUT2D eigenvalue weighted by atomic mass is 10.1. The summed E-state index contributed by atoms with van der Waals surface area (Å²) in [6.07, 6.45) is -28.0. The monoisotopic (exact) mass is 1970 g/mol. The van der Waals surface area contributed by atoms with E-state index in [0.29, 0.717) is 78.4 Å². The summed E-state index contributed by atoms with van der Waals surface area (Å²) < 4.78 is 297. The molecule has 8 aliphatic rings. The normalized spacial score (nSPS) is 33.9. The maximum atomic E-state index is 15.9. The first-order chi connectivity index (χ1) is 61.9. The zero-order chi connectivity index (χ0) is 99.1. The fourth-order valence-electron chi connectivity index (χ4n) is 13.5. The molecule has 0 amide bonds. The van der Waals surface area contributed by atoms with Gasteiger partial charge < -0.3 is 77.9 Å².